The van der Waals surface area contributed by atoms with Crippen molar-refractivity contribution in [2.24, 2.45) is 5.92 Å². The van der Waals surface area contributed by atoms with Crippen LogP contribution in [0.3, 0.4) is 0 Å². The molecule has 126 valence electrons. The Morgan fingerprint density at radius 3 is 2.30 bits per heavy atom. The highest BCUT2D eigenvalue weighted by Crippen LogP contribution is 2.18. The second-order valence-electron chi connectivity index (χ2n) is 6.60. The van der Waals surface area contributed by atoms with Gasteiger partial charge in [-0.25, -0.2) is 0 Å². The Balaban J connectivity index is 1.72. The molecule has 5 nitrogen and oxygen atoms in total. The van der Waals surface area contributed by atoms with E-state index in [-0.39, 0.29) is 0 Å². The van der Waals surface area contributed by atoms with Crippen LogP contribution in [-0.4, -0.2) is 42.4 Å². The van der Waals surface area contributed by atoms with Crippen LogP contribution in [0.1, 0.15) is 32.3 Å². The SMILES string of the molecule is Cc1ccc(NC(=O)C(=O)NCC2CCN(C(C)C)CC2)cc1. The number of likely N-dealkylation sites (tertiary alicyclic amines) is 1. The number of amides is 2. The van der Waals surface area contributed by atoms with E-state index in [1.807, 2.05) is 19.1 Å². The fourth-order valence-corrected chi connectivity index (χ4v) is 2.82. The molecule has 1 aromatic rings. The standard InChI is InChI=1S/C18H27N3O2/c1-13(2)21-10-8-15(9-11-21)12-19-17(22)18(23)20-16-6-4-14(3)5-7-16/h4-7,13,15H,8-12H2,1-3H3,(H,19,22)(H,20,23). The molecule has 0 atom stereocenters. The van der Waals surface area contributed by atoms with Crippen molar-refractivity contribution in [2.45, 2.75) is 39.7 Å². The summed E-state index contributed by atoms with van der Waals surface area (Å²) < 4.78 is 0. The number of nitrogens with zero attached hydrogens (tertiary/aromatic N) is 1. The summed E-state index contributed by atoms with van der Waals surface area (Å²) in [6.07, 6.45) is 2.14. The van der Waals surface area contributed by atoms with Crippen LogP contribution in [-0.2, 0) is 9.59 Å². The van der Waals surface area contributed by atoms with Crippen molar-refractivity contribution in [1.29, 1.82) is 0 Å². The highest BCUT2D eigenvalue weighted by Gasteiger charge is 2.22. The molecule has 0 unspecified atom stereocenters. The van der Waals surface area contributed by atoms with Crippen LogP contribution in [0, 0.1) is 12.8 Å². The van der Waals surface area contributed by atoms with Gasteiger partial charge in [0.05, 0.1) is 0 Å². The molecule has 0 spiro atoms. The molecule has 1 fully saturated rings. The minimum Gasteiger partial charge on any atom is -0.348 e. The van der Waals surface area contributed by atoms with E-state index in [1.165, 1.54) is 0 Å². The summed E-state index contributed by atoms with van der Waals surface area (Å²) >= 11 is 0. The van der Waals surface area contributed by atoms with E-state index in [0.717, 1.165) is 31.5 Å². The molecule has 5 heteroatoms. The van der Waals surface area contributed by atoms with E-state index < -0.39 is 11.8 Å². The van der Waals surface area contributed by atoms with Crippen molar-refractivity contribution < 1.29 is 9.59 Å². The van der Waals surface area contributed by atoms with Crippen molar-refractivity contribution in [3.05, 3.63) is 29.8 Å². The highest BCUT2D eigenvalue weighted by molar-refractivity contribution is 6.39. The van der Waals surface area contributed by atoms with Gasteiger partial charge in [0.25, 0.3) is 0 Å². The maximum absolute atomic E-state index is 11.9. The predicted molar refractivity (Wildman–Crippen MR) is 92.3 cm³/mol. The summed E-state index contributed by atoms with van der Waals surface area (Å²) in [5, 5.41) is 5.38. The fraction of sp³-hybridized carbons (Fsp3) is 0.556. The van der Waals surface area contributed by atoms with E-state index >= 15 is 0 Å². The first-order valence-electron chi connectivity index (χ1n) is 8.35. The van der Waals surface area contributed by atoms with Crippen LogP contribution in [0.4, 0.5) is 5.69 Å². The largest absolute Gasteiger partial charge is 0.348 e. The number of hydrogen-bond donors (Lipinski definition) is 2. The lowest BCUT2D eigenvalue weighted by Crippen LogP contribution is -2.43. The van der Waals surface area contributed by atoms with Crippen LogP contribution in [0.25, 0.3) is 0 Å². The number of piperidine rings is 1. The summed E-state index contributed by atoms with van der Waals surface area (Å²) in [7, 11) is 0. The number of rotatable bonds is 4. The molecule has 0 aromatic heterocycles. The Kier molecular flexibility index (Phi) is 6.16. The quantitative estimate of drug-likeness (QED) is 0.837. The van der Waals surface area contributed by atoms with E-state index in [1.54, 1.807) is 12.1 Å². The smallest absolute Gasteiger partial charge is 0.313 e. The van der Waals surface area contributed by atoms with Crippen molar-refractivity contribution in [2.75, 3.05) is 25.0 Å². The van der Waals surface area contributed by atoms with Gasteiger partial charge in [-0.1, -0.05) is 17.7 Å². The molecule has 1 heterocycles. The van der Waals surface area contributed by atoms with E-state index in [4.69, 9.17) is 0 Å². The molecule has 0 aliphatic carbocycles. The molecule has 1 saturated heterocycles. The van der Waals surface area contributed by atoms with Gasteiger partial charge in [0.2, 0.25) is 0 Å². The van der Waals surface area contributed by atoms with Gasteiger partial charge in [-0.2, -0.15) is 0 Å². The highest BCUT2D eigenvalue weighted by atomic mass is 16.2. The normalized spacial score (nSPS) is 16.3. The minimum atomic E-state index is -0.603. The molecule has 2 N–H and O–H groups in total. The van der Waals surface area contributed by atoms with E-state index in [0.29, 0.717) is 24.2 Å². The number of carbonyl (C=O) groups is 2. The summed E-state index contributed by atoms with van der Waals surface area (Å²) in [5.74, 6) is -0.702. The summed E-state index contributed by atoms with van der Waals surface area (Å²) in [5.41, 5.74) is 1.75. The number of anilines is 1. The molecule has 2 amide bonds. The van der Waals surface area contributed by atoms with Gasteiger partial charge in [-0.15, -0.1) is 0 Å². The number of nitrogens with one attached hydrogen (secondary N) is 2. The number of hydrogen-bond acceptors (Lipinski definition) is 3. The van der Waals surface area contributed by atoms with Crippen molar-refractivity contribution >= 4 is 17.5 Å². The maximum Gasteiger partial charge on any atom is 0.313 e. The Hall–Kier alpha value is -1.88. The number of benzene rings is 1. The third-order valence-electron chi connectivity index (χ3n) is 4.45. The molecule has 0 radical (unpaired) electrons. The lowest BCUT2D eigenvalue weighted by Gasteiger charge is -2.34. The Labute approximate surface area is 138 Å². The van der Waals surface area contributed by atoms with Gasteiger partial charge >= 0.3 is 11.8 Å². The first-order valence-corrected chi connectivity index (χ1v) is 8.35. The first-order chi connectivity index (χ1) is 11.0. The Morgan fingerprint density at radius 1 is 1.13 bits per heavy atom. The second-order valence-corrected chi connectivity index (χ2v) is 6.60. The molecule has 0 bridgehead atoms. The van der Waals surface area contributed by atoms with Gasteiger partial charge < -0.3 is 15.5 Å². The van der Waals surface area contributed by atoms with Crippen molar-refractivity contribution in [3.63, 3.8) is 0 Å². The van der Waals surface area contributed by atoms with E-state index in [2.05, 4.69) is 29.4 Å². The average molecular weight is 317 g/mol. The Morgan fingerprint density at radius 2 is 1.74 bits per heavy atom. The zero-order chi connectivity index (χ0) is 16.8. The van der Waals surface area contributed by atoms with Gasteiger partial charge in [0.15, 0.2) is 0 Å². The lowest BCUT2D eigenvalue weighted by molar-refractivity contribution is -0.136. The van der Waals surface area contributed by atoms with Gasteiger partial charge in [0.1, 0.15) is 0 Å². The molecule has 1 aliphatic heterocycles. The van der Waals surface area contributed by atoms with Crippen LogP contribution in [0.2, 0.25) is 0 Å². The van der Waals surface area contributed by atoms with Gasteiger partial charge in [-0.05, 0) is 64.8 Å². The van der Waals surface area contributed by atoms with Crippen LogP contribution in [0.15, 0.2) is 24.3 Å². The van der Waals surface area contributed by atoms with Crippen LogP contribution < -0.4 is 10.6 Å². The Bertz CT molecular complexity index is 532. The van der Waals surface area contributed by atoms with Crippen molar-refractivity contribution in [3.8, 4) is 0 Å². The summed E-state index contributed by atoms with van der Waals surface area (Å²) in [6, 6.07) is 7.96. The third kappa shape index (κ3) is 5.36. The first kappa shape index (κ1) is 17.5. The maximum atomic E-state index is 11.9. The van der Waals surface area contributed by atoms with Gasteiger partial charge in [0, 0.05) is 18.3 Å². The average Bonchev–Trinajstić information content (AvgIpc) is 2.55. The zero-order valence-corrected chi connectivity index (χ0v) is 14.3. The monoisotopic (exact) mass is 317 g/mol. The van der Waals surface area contributed by atoms with Crippen molar-refractivity contribution in [1.82, 2.24) is 10.2 Å². The third-order valence-corrected chi connectivity index (χ3v) is 4.45. The summed E-state index contributed by atoms with van der Waals surface area (Å²) in [4.78, 5) is 26.2. The molecular weight excluding hydrogens is 290 g/mol. The van der Waals surface area contributed by atoms with E-state index in [9.17, 15) is 9.59 Å². The minimum absolute atomic E-state index is 0.459. The summed E-state index contributed by atoms with van der Waals surface area (Å²) in [6.45, 7) is 9.09. The van der Waals surface area contributed by atoms with Crippen LogP contribution in [0.5, 0.6) is 0 Å². The molecule has 23 heavy (non-hydrogen) atoms. The molecule has 1 aliphatic rings. The number of aryl methyl sites for hydroxylation is 1. The molecule has 0 saturated carbocycles. The lowest BCUT2D eigenvalue weighted by atomic mass is 9.96. The molecule has 1 aromatic carbocycles. The van der Waals surface area contributed by atoms with Gasteiger partial charge in [-0.3, -0.25) is 9.59 Å². The molecule has 2 rings (SSSR count). The predicted octanol–water partition coefficient (Wildman–Crippen LogP) is 2.17. The van der Waals surface area contributed by atoms with Crippen LogP contribution >= 0.6 is 0 Å². The zero-order valence-electron chi connectivity index (χ0n) is 14.3. The number of carbonyl (C=O) groups excluding carboxylic acids is 2. The fourth-order valence-electron chi connectivity index (χ4n) is 2.82. The molecular formula is C18H27N3O2. The topological polar surface area (TPSA) is 61.4 Å². The second kappa shape index (κ2) is 8.11.